The van der Waals surface area contributed by atoms with Crippen molar-refractivity contribution in [2.24, 2.45) is 0 Å². The number of methoxy groups -OCH3 is 1. The Morgan fingerprint density at radius 2 is 2.17 bits per heavy atom. The molecule has 96 valence electrons. The molecule has 0 amide bonds. The van der Waals surface area contributed by atoms with Gasteiger partial charge in [-0.3, -0.25) is 0 Å². The van der Waals surface area contributed by atoms with Gasteiger partial charge in [0.25, 0.3) is 0 Å². The van der Waals surface area contributed by atoms with Crippen molar-refractivity contribution in [2.45, 2.75) is 18.9 Å². The van der Waals surface area contributed by atoms with Crippen LogP contribution in [0.5, 0.6) is 0 Å². The lowest BCUT2D eigenvalue weighted by molar-refractivity contribution is 0.0818. The van der Waals surface area contributed by atoms with E-state index in [2.05, 4.69) is 20.9 Å². The van der Waals surface area contributed by atoms with Gasteiger partial charge in [-0.05, 0) is 24.3 Å². The van der Waals surface area contributed by atoms with E-state index >= 15 is 0 Å². The summed E-state index contributed by atoms with van der Waals surface area (Å²) in [5.74, 6) is 1.32. The molecule has 3 rings (SSSR count). The fourth-order valence-corrected chi connectivity index (χ4v) is 3.17. The summed E-state index contributed by atoms with van der Waals surface area (Å²) in [7, 11) is 1.78. The van der Waals surface area contributed by atoms with Gasteiger partial charge < -0.3 is 15.4 Å². The number of hydrogen-bond acceptors (Lipinski definition) is 6. The van der Waals surface area contributed by atoms with Crippen LogP contribution in [0.3, 0.4) is 0 Å². The Bertz CT molecular complexity index is 548. The minimum absolute atomic E-state index is 0.355. The van der Waals surface area contributed by atoms with E-state index in [9.17, 15) is 0 Å². The largest absolute Gasteiger partial charge is 0.381 e. The number of piperidine rings is 1. The van der Waals surface area contributed by atoms with E-state index in [4.69, 9.17) is 10.5 Å². The second-order valence-electron chi connectivity index (χ2n) is 4.47. The molecular weight excluding hydrogens is 248 g/mol. The smallest absolute Gasteiger partial charge is 0.223 e. The molecule has 1 aliphatic rings. The SMILES string of the molecule is COC1CCN(c2nc(N)nc3sccc23)CC1. The molecule has 0 radical (unpaired) electrons. The van der Waals surface area contributed by atoms with Crippen molar-refractivity contribution < 1.29 is 4.74 Å². The quantitative estimate of drug-likeness (QED) is 0.897. The highest BCUT2D eigenvalue weighted by atomic mass is 32.1. The molecule has 1 fully saturated rings. The minimum Gasteiger partial charge on any atom is -0.381 e. The summed E-state index contributed by atoms with van der Waals surface area (Å²) in [6.45, 7) is 1.92. The van der Waals surface area contributed by atoms with Crippen LogP contribution in [-0.2, 0) is 4.74 Å². The zero-order valence-electron chi connectivity index (χ0n) is 10.3. The molecular formula is C12H16N4OS. The topological polar surface area (TPSA) is 64.3 Å². The summed E-state index contributed by atoms with van der Waals surface area (Å²) < 4.78 is 5.39. The molecule has 0 aliphatic carbocycles. The molecule has 0 atom stereocenters. The lowest BCUT2D eigenvalue weighted by atomic mass is 10.1. The maximum absolute atomic E-state index is 5.78. The van der Waals surface area contributed by atoms with Crippen molar-refractivity contribution in [1.82, 2.24) is 9.97 Å². The molecule has 0 saturated carbocycles. The highest BCUT2D eigenvalue weighted by molar-refractivity contribution is 7.16. The lowest BCUT2D eigenvalue weighted by Gasteiger charge is -2.32. The minimum atomic E-state index is 0.355. The first-order chi connectivity index (χ1) is 8.78. The Balaban J connectivity index is 1.92. The van der Waals surface area contributed by atoms with E-state index in [1.165, 1.54) is 0 Å². The average Bonchev–Trinajstić information content (AvgIpc) is 2.86. The first-order valence-electron chi connectivity index (χ1n) is 6.06. The highest BCUT2D eigenvalue weighted by Gasteiger charge is 2.22. The van der Waals surface area contributed by atoms with Crippen LogP contribution in [0.25, 0.3) is 10.2 Å². The second kappa shape index (κ2) is 4.70. The fraction of sp³-hybridized carbons (Fsp3) is 0.500. The number of ether oxygens (including phenoxy) is 1. The van der Waals surface area contributed by atoms with Crippen LogP contribution in [0.15, 0.2) is 11.4 Å². The van der Waals surface area contributed by atoms with Crippen LogP contribution in [0.4, 0.5) is 11.8 Å². The molecule has 6 heteroatoms. The van der Waals surface area contributed by atoms with Crippen molar-refractivity contribution >= 4 is 33.3 Å². The Morgan fingerprint density at radius 1 is 1.39 bits per heavy atom. The number of thiophene rings is 1. The molecule has 0 unspecified atom stereocenters. The predicted molar refractivity (Wildman–Crippen MR) is 74.1 cm³/mol. The number of rotatable bonds is 2. The molecule has 2 aromatic heterocycles. The van der Waals surface area contributed by atoms with Gasteiger partial charge in [-0.1, -0.05) is 0 Å². The number of nitrogens with zero attached hydrogens (tertiary/aromatic N) is 3. The number of hydrogen-bond donors (Lipinski definition) is 1. The summed E-state index contributed by atoms with van der Waals surface area (Å²) in [5.41, 5.74) is 5.78. The van der Waals surface area contributed by atoms with Gasteiger partial charge in [-0.2, -0.15) is 4.98 Å². The number of fused-ring (bicyclic) bond motifs is 1. The molecule has 0 spiro atoms. The zero-order valence-corrected chi connectivity index (χ0v) is 11.1. The summed E-state index contributed by atoms with van der Waals surface area (Å²) in [6, 6.07) is 2.07. The van der Waals surface area contributed by atoms with Gasteiger partial charge >= 0.3 is 0 Å². The highest BCUT2D eigenvalue weighted by Crippen LogP contribution is 2.30. The maximum Gasteiger partial charge on any atom is 0.223 e. The van der Waals surface area contributed by atoms with Crippen LogP contribution in [0, 0.1) is 0 Å². The molecule has 3 heterocycles. The monoisotopic (exact) mass is 264 g/mol. The van der Waals surface area contributed by atoms with E-state index in [0.29, 0.717) is 12.1 Å². The molecule has 0 aromatic carbocycles. The van der Waals surface area contributed by atoms with Crippen molar-refractivity contribution in [1.29, 1.82) is 0 Å². The molecule has 2 aromatic rings. The van der Waals surface area contributed by atoms with Crippen LogP contribution in [0.1, 0.15) is 12.8 Å². The Hall–Kier alpha value is -1.40. The maximum atomic E-state index is 5.78. The molecule has 0 bridgehead atoms. The van der Waals surface area contributed by atoms with Crippen molar-refractivity contribution in [2.75, 3.05) is 30.8 Å². The summed E-state index contributed by atoms with van der Waals surface area (Å²) >= 11 is 1.60. The number of aromatic nitrogens is 2. The van der Waals surface area contributed by atoms with Gasteiger partial charge in [0.15, 0.2) is 0 Å². The summed E-state index contributed by atoms with van der Waals surface area (Å²) in [6.07, 6.45) is 2.44. The van der Waals surface area contributed by atoms with Gasteiger partial charge in [0.2, 0.25) is 5.95 Å². The van der Waals surface area contributed by atoms with Crippen molar-refractivity contribution in [3.8, 4) is 0 Å². The standard InChI is InChI=1S/C12H16N4OS/c1-17-8-2-5-16(6-3-8)10-9-4-7-18-11(9)15-12(13)14-10/h4,7-8H,2-3,5-6H2,1H3,(H2,13,14,15). The van der Waals surface area contributed by atoms with Crippen molar-refractivity contribution in [3.63, 3.8) is 0 Å². The predicted octanol–water partition coefficient (Wildman–Crippen LogP) is 1.89. The van der Waals surface area contributed by atoms with Crippen LogP contribution < -0.4 is 10.6 Å². The van der Waals surface area contributed by atoms with Gasteiger partial charge in [0.05, 0.1) is 11.5 Å². The Morgan fingerprint density at radius 3 is 2.89 bits per heavy atom. The van der Waals surface area contributed by atoms with Crippen molar-refractivity contribution in [3.05, 3.63) is 11.4 Å². The Labute approximate surface area is 110 Å². The van der Waals surface area contributed by atoms with Gasteiger partial charge in [-0.15, -0.1) is 11.3 Å². The van der Waals surface area contributed by atoms with Gasteiger partial charge in [0, 0.05) is 20.2 Å². The third-order valence-electron chi connectivity index (χ3n) is 3.40. The third-order valence-corrected chi connectivity index (χ3v) is 4.20. The van der Waals surface area contributed by atoms with Crippen LogP contribution >= 0.6 is 11.3 Å². The number of anilines is 2. The molecule has 2 N–H and O–H groups in total. The molecule has 1 saturated heterocycles. The average molecular weight is 264 g/mol. The number of nitrogen functional groups attached to an aromatic ring is 1. The van der Waals surface area contributed by atoms with E-state index in [0.717, 1.165) is 42.0 Å². The van der Waals surface area contributed by atoms with E-state index < -0.39 is 0 Å². The zero-order chi connectivity index (χ0) is 12.5. The van der Waals surface area contributed by atoms with Gasteiger partial charge in [-0.25, -0.2) is 4.98 Å². The van der Waals surface area contributed by atoms with Crippen LogP contribution in [-0.4, -0.2) is 36.3 Å². The van der Waals surface area contributed by atoms with E-state index in [1.54, 1.807) is 18.4 Å². The second-order valence-corrected chi connectivity index (χ2v) is 5.36. The number of nitrogens with two attached hydrogens (primary N) is 1. The van der Waals surface area contributed by atoms with Gasteiger partial charge in [0.1, 0.15) is 10.6 Å². The summed E-state index contributed by atoms with van der Waals surface area (Å²) in [4.78, 5) is 11.9. The fourth-order valence-electron chi connectivity index (χ4n) is 2.40. The first-order valence-corrected chi connectivity index (χ1v) is 6.94. The van der Waals surface area contributed by atoms with E-state index in [1.807, 2.05) is 5.38 Å². The first kappa shape index (κ1) is 11.7. The third kappa shape index (κ3) is 2.02. The van der Waals surface area contributed by atoms with E-state index in [-0.39, 0.29) is 0 Å². The lowest BCUT2D eigenvalue weighted by Crippen LogP contribution is -2.37. The molecule has 5 nitrogen and oxygen atoms in total. The Kier molecular flexibility index (Phi) is 3.05. The molecule has 1 aliphatic heterocycles. The van der Waals surface area contributed by atoms with Crippen LogP contribution in [0.2, 0.25) is 0 Å². The normalized spacial score (nSPS) is 17.5. The summed E-state index contributed by atoms with van der Waals surface area (Å²) in [5, 5.41) is 3.13. The molecule has 18 heavy (non-hydrogen) atoms.